The summed E-state index contributed by atoms with van der Waals surface area (Å²) in [5.41, 5.74) is 1.52. The highest BCUT2D eigenvalue weighted by Crippen LogP contribution is 2.34. The van der Waals surface area contributed by atoms with E-state index >= 15 is 0 Å². The van der Waals surface area contributed by atoms with Crippen LogP contribution >= 0.6 is 23.2 Å². The lowest BCUT2D eigenvalue weighted by Gasteiger charge is -2.12. The zero-order valence-corrected chi connectivity index (χ0v) is 15.1. The molecule has 2 aromatic carbocycles. The molecule has 1 atom stereocenters. The van der Waals surface area contributed by atoms with Crippen molar-refractivity contribution in [3.8, 4) is 22.9 Å². The molecular weight excluding hydrogens is 375 g/mol. The van der Waals surface area contributed by atoms with E-state index < -0.39 is 0 Å². The molecule has 1 aromatic heterocycles. The van der Waals surface area contributed by atoms with Gasteiger partial charge in [-0.1, -0.05) is 47.5 Å². The Bertz CT molecular complexity index is 1000. The Morgan fingerprint density at radius 1 is 1.15 bits per heavy atom. The van der Waals surface area contributed by atoms with Gasteiger partial charge in [-0.05, 0) is 23.8 Å². The summed E-state index contributed by atoms with van der Waals surface area (Å²) in [6.45, 7) is 0.952. The Morgan fingerprint density at radius 2 is 1.96 bits per heavy atom. The van der Waals surface area contributed by atoms with Crippen LogP contribution in [0.1, 0.15) is 0 Å². The first-order valence-corrected chi connectivity index (χ1v) is 8.77. The van der Waals surface area contributed by atoms with E-state index in [1.165, 1.54) is 6.07 Å². The Kier molecular flexibility index (Phi) is 4.57. The Hall–Kier alpha value is -2.50. The third kappa shape index (κ3) is 3.41. The van der Waals surface area contributed by atoms with Gasteiger partial charge in [0.1, 0.15) is 12.4 Å². The van der Waals surface area contributed by atoms with Gasteiger partial charge < -0.3 is 9.47 Å². The van der Waals surface area contributed by atoms with Crippen LogP contribution < -0.4 is 15.0 Å². The molecule has 1 aliphatic heterocycles. The molecule has 0 bridgehead atoms. The zero-order chi connectivity index (χ0) is 18.1. The van der Waals surface area contributed by atoms with Gasteiger partial charge in [0.05, 0.1) is 16.6 Å². The van der Waals surface area contributed by atoms with Crippen LogP contribution in [-0.2, 0) is 6.54 Å². The molecule has 0 N–H and O–H groups in total. The molecule has 0 amide bonds. The van der Waals surface area contributed by atoms with Crippen molar-refractivity contribution in [2.75, 3.05) is 6.61 Å². The molecule has 0 saturated carbocycles. The Balaban J connectivity index is 1.41. The van der Waals surface area contributed by atoms with Crippen LogP contribution in [0.5, 0.6) is 11.8 Å². The van der Waals surface area contributed by atoms with Gasteiger partial charge >= 0.3 is 0 Å². The standard InChI is InChI=1S/C19H14Cl2N2O3/c20-16-3-1-2-15(18(16)21)12-4-6-13(7-5-12)25-11-14-10-23-9-8-17(24)22-19(23)26-14/h1-9,14H,10-11H2. The fourth-order valence-corrected chi connectivity index (χ4v) is 3.19. The van der Waals surface area contributed by atoms with E-state index in [4.69, 9.17) is 32.7 Å². The van der Waals surface area contributed by atoms with Crippen LogP contribution in [0.15, 0.2) is 59.5 Å². The molecule has 3 aromatic rings. The monoisotopic (exact) mass is 388 g/mol. The van der Waals surface area contributed by atoms with E-state index in [0.29, 0.717) is 35.0 Å². The molecule has 1 aliphatic rings. The predicted molar refractivity (Wildman–Crippen MR) is 100 cm³/mol. The van der Waals surface area contributed by atoms with Crippen molar-refractivity contribution in [3.63, 3.8) is 0 Å². The molecule has 4 rings (SSSR count). The molecule has 26 heavy (non-hydrogen) atoms. The van der Waals surface area contributed by atoms with Gasteiger partial charge in [0.15, 0.2) is 6.10 Å². The Labute approximate surface area is 159 Å². The summed E-state index contributed by atoms with van der Waals surface area (Å²) in [7, 11) is 0. The number of benzene rings is 2. The zero-order valence-electron chi connectivity index (χ0n) is 13.6. The van der Waals surface area contributed by atoms with Crippen molar-refractivity contribution < 1.29 is 9.47 Å². The van der Waals surface area contributed by atoms with Crippen molar-refractivity contribution >= 4 is 23.2 Å². The second-order valence-corrected chi connectivity index (χ2v) is 6.66. The molecule has 132 valence electrons. The van der Waals surface area contributed by atoms with E-state index in [9.17, 15) is 4.79 Å². The number of aromatic nitrogens is 2. The maximum atomic E-state index is 11.3. The van der Waals surface area contributed by atoms with Gasteiger partial charge in [-0.2, -0.15) is 4.98 Å². The molecule has 0 radical (unpaired) electrons. The summed E-state index contributed by atoms with van der Waals surface area (Å²) >= 11 is 12.3. The number of halogens is 2. The van der Waals surface area contributed by atoms with E-state index in [1.807, 2.05) is 36.4 Å². The first-order valence-electron chi connectivity index (χ1n) is 8.01. The van der Waals surface area contributed by atoms with Gasteiger partial charge in [0.25, 0.3) is 11.6 Å². The van der Waals surface area contributed by atoms with Gasteiger partial charge in [0, 0.05) is 17.8 Å². The van der Waals surface area contributed by atoms with Gasteiger partial charge in [-0.3, -0.25) is 9.36 Å². The number of rotatable bonds is 4. The maximum absolute atomic E-state index is 11.3. The number of fused-ring (bicyclic) bond motifs is 1. The first kappa shape index (κ1) is 16.9. The Morgan fingerprint density at radius 3 is 2.77 bits per heavy atom. The number of hydrogen-bond donors (Lipinski definition) is 0. The van der Waals surface area contributed by atoms with Gasteiger partial charge in [-0.25, -0.2) is 0 Å². The summed E-state index contributed by atoms with van der Waals surface area (Å²) in [4.78, 5) is 15.1. The minimum atomic E-state index is -0.312. The molecular formula is C19H14Cl2N2O3. The van der Waals surface area contributed by atoms with Crippen molar-refractivity contribution in [3.05, 3.63) is 75.1 Å². The van der Waals surface area contributed by atoms with Crippen molar-refractivity contribution in [2.45, 2.75) is 12.6 Å². The van der Waals surface area contributed by atoms with Gasteiger partial charge in [-0.15, -0.1) is 0 Å². The second-order valence-electron chi connectivity index (χ2n) is 5.88. The molecule has 2 heterocycles. The molecule has 0 saturated heterocycles. The lowest BCUT2D eigenvalue weighted by atomic mass is 10.1. The van der Waals surface area contributed by atoms with Crippen LogP contribution in [0.2, 0.25) is 10.0 Å². The summed E-state index contributed by atoms with van der Waals surface area (Å²) in [6, 6.07) is 14.9. The van der Waals surface area contributed by atoms with E-state index in [0.717, 1.165) is 11.1 Å². The minimum absolute atomic E-state index is 0.189. The molecule has 1 unspecified atom stereocenters. The summed E-state index contributed by atoms with van der Waals surface area (Å²) in [6.07, 6.45) is 1.49. The van der Waals surface area contributed by atoms with Gasteiger partial charge in [0.2, 0.25) is 0 Å². The lowest BCUT2D eigenvalue weighted by Crippen LogP contribution is -2.23. The van der Waals surface area contributed by atoms with Crippen LogP contribution in [-0.4, -0.2) is 22.3 Å². The topological polar surface area (TPSA) is 53.4 Å². The highest BCUT2D eigenvalue weighted by molar-refractivity contribution is 6.43. The smallest absolute Gasteiger partial charge is 0.300 e. The largest absolute Gasteiger partial charge is 0.490 e. The number of ether oxygens (including phenoxy) is 2. The summed E-state index contributed by atoms with van der Waals surface area (Å²) in [5, 5.41) is 1.05. The average Bonchev–Trinajstić information content (AvgIpc) is 3.05. The number of nitrogens with zero attached hydrogens (tertiary/aromatic N) is 2. The lowest BCUT2D eigenvalue weighted by molar-refractivity contribution is 0.143. The summed E-state index contributed by atoms with van der Waals surface area (Å²) < 4.78 is 13.2. The first-order chi connectivity index (χ1) is 12.6. The average molecular weight is 389 g/mol. The molecule has 5 nitrogen and oxygen atoms in total. The third-order valence-corrected chi connectivity index (χ3v) is 4.89. The number of hydrogen-bond acceptors (Lipinski definition) is 4. The molecule has 0 aliphatic carbocycles. The van der Waals surface area contributed by atoms with E-state index in [2.05, 4.69) is 4.98 Å². The normalized spacial score (nSPS) is 15.4. The van der Waals surface area contributed by atoms with Crippen molar-refractivity contribution in [1.29, 1.82) is 0 Å². The molecule has 0 spiro atoms. The minimum Gasteiger partial charge on any atom is -0.490 e. The van der Waals surface area contributed by atoms with Crippen molar-refractivity contribution in [1.82, 2.24) is 9.55 Å². The quantitative estimate of drug-likeness (QED) is 0.676. The van der Waals surface area contributed by atoms with E-state index in [1.54, 1.807) is 16.8 Å². The highest BCUT2D eigenvalue weighted by Gasteiger charge is 2.23. The highest BCUT2D eigenvalue weighted by atomic mass is 35.5. The second kappa shape index (κ2) is 7.02. The maximum Gasteiger partial charge on any atom is 0.300 e. The third-order valence-electron chi connectivity index (χ3n) is 4.07. The van der Waals surface area contributed by atoms with E-state index in [-0.39, 0.29) is 11.7 Å². The van der Waals surface area contributed by atoms with Crippen LogP contribution in [0, 0.1) is 0 Å². The van der Waals surface area contributed by atoms with Crippen LogP contribution in [0.3, 0.4) is 0 Å². The predicted octanol–water partition coefficient (Wildman–Crippen LogP) is 4.06. The summed E-state index contributed by atoms with van der Waals surface area (Å²) in [5.74, 6) is 0.717. The molecule has 0 fully saturated rings. The van der Waals surface area contributed by atoms with Crippen LogP contribution in [0.25, 0.3) is 11.1 Å². The van der Waals surface area contributed by atoms with Crippen LogP contribution in [0.4, 0.5) is 0 Å². The fourth-order valence-electron chi connectivity index (χ4n) is 2.79. The SMILES string of the molecule is O=c1ccn2c(n1)OC(COc1ccc(-c3cccc(Cl)c3Cl)cc1)C2. The molecule has 7 heteroatoms. The fraction of sp³-hybridized carbons (Fsp3) is 0.158. The van der Waals surface area contributed by atoms with Crippen molar-refractivity contribution in [2.24, 2.45) is 0 Å².